The Morgan fingerprint density at radius 1 is 1.00 bits per heavy atom. The van der Waals surface area contributed by atoms with Gasteiger partial charge in [0.05, 0.1) is 18.2 Å². The van der Waals surface area contributed by atoms with E-state index in [0.29, 0.717) is 0 Å². The highest BCUT2D eigenvalue weighted by atomic mass is 16.5. The van der Waals surface area contributed by atoms with E-state index >= 15 is 0 Å². The van der Waals surface area contributed by atoms with Crippen molar-refractivity contribution < 1.29 is 19.1 Å². The third kappa shape index (κ3) is 5.49. The average molecular weight is 339 g/mol. The van der Waals surface area contributed by atoms with Gasteiger partial charge in [-0.1, -0.05) is 67.2 Å². The van der Waals surface area contributed by atoms with Crippen LogP contribution in [0.4, 0.5) is 4.79 Å². The average Bonchev–Trinajstić information content (AvgIpc) is 2.65. The predicted molar refractivity (Wildman–Crippen MR) is 94.7 cm³/mol. The van der Waals surface area contributed by atoms with E-state index in [1.165, 1.54) is 0 Å². The molecule has 0 aliphatic rings. The number of hydrogen-bond acceptors (Lipinski definition) is 4. The third-order valence-corrected chi connectivity index (χ3v) is 3.49. The molecule has 0 aliphatic heterocycles. The van der Waals surface area contributed by atoms with Crippen LogP contribution in [-0.4, -0.2) is 18.7 Å². The number of benzene rings is 2. The summed E-state index contributed by atoms with van der Waals surface area (Å²) < 4.78 is 10.2. The highest BCUT2D eigenvalue weighted by Crippen LogP contribution is 2.21. The van der Waals surface area contributed by atoms with Crippen LogP contribution in [0.2, 0.25) is 0 Å². The first-order valence-electron chi connectivity index (χ1n) is 8.00. The second-order valence-corrected chi connectivity index (χ2v) is 5.30. The number of hydrogen-bond donors (Lipinski definition) is 1. The summed E-state index contributed by atoms with van der Waals surface area (Å²) in [5, 5.41) is 2.68. The lowest BCUT2D eigenvalue weighted by Gasteiger charge is -2.20. The summed E-state index contributed by atoms with van der Waals surface area (Å²) in [7, 11) is 0. The maximum Gasteiger partial charge on any atom is 0.408 e. The molecule has 0 aliphatic carbocycles. The number of esters is 1. The zero-order valence-electron chi connectivity index (χ0n) is 14.1. The molecule has 0 spiro atoms. The van der Waals surface area contributed by atoms with Crippen LogP contribution in [0.1, 0.15) is 24.1 Å². The minimum Gasteiger partial charge on any atom is -0.463 e. The second kappa shape index (κ2) is 9.27. The summed E-state index contributed by atoms with van der Waals surface area (Å²) in [5.74, 6) is -0.556. The maximum absolute atomic E-state index is 12.2. The third-order valence-electron chi connectivity index (χ3n) is 3.49. The summed E-state index contributed by atoms with van der Waals surface area (Å²) in [6.07, 6.45) is -0.636. The van der Waals surface area contributed by atoms with Gasteiger partial charge in [-0.15, -0.1) is 0 Å². The molecule has 2 aromatic rings. The van der Waals surface area contributed by atoms with Crippen molar-refractivity contribution >= 4 is 12.1 Å². The van der Waals surface area contributed by atoms with E-state index in [4.69, 9.17) is 9.47 Å². The van der Waals surface area contributed by atoms with Gasteiger partial charge in [0.2, 0.25) is 0 Å². The normalized spacial score (nSPS) is 11.2. The molecule has 0 aromatic heterocycles. The van der Waals surface area contributed by atoms with Gasteiger partial charge in [-0.25, -0.2) is 9.59 Å². The van der Waals surface area contributed by atoms with Gasteiger partial charge in [0, 0.05) is 0 Å². The summed E-state index contributed by atoms with van der Waals surface area (Å²) in [5.41, 5.74) is 1.74. The minimum atomic E-state index is -0.719. The molecule has 25 heavy (non-hydrogen) atoms. The van der Waals surface area contributed by atoms with Crippen LogP contribution in [0.5, 0.6) is 0 Å². The first-order chi connectivity index (χ1) is 12.1. The number of carbonyl (C=O) groups is 2. The zero-order valence-corrected chi connectivity index (χ0v) is 14.1. The SMILES string of the molecule is C=C(C(=O)OCC)C(NC(=O)OCc1ccccc1)c1ccccc1. The summed E-state index contributed by atoms with van der Waals surface area (Å²) in [6, 6.07) is 17.7. The van der Waals surface area contributed by atoms with E-state index in [-0.39, 0.29) is 18.8 Å². The topological polar surface area (TPSA) is 64.6 Å². The fourth-order valence-corrected chi connectivity index (χ4v) is 2.24. The highest BCUT2D eigenvalue weighted by Gasteiger charge is 2.24. The van der Waals surface area contributed by atoms with Gasteiger partial charge in [0.1, 0.15) is 6.61 Å². The van der Waals surface area contributed by atoms with Crippen molar-refractivity contribution in [2.45, 2.75) is 19.6 Å². The van der Waals surface area contributed by atoms with Crippen molar-refractivity contribution in [3.8, 4) is 0 Å². The largest absolute Gasteiger partial charge is 0.463 e. The highest BCUT2D eigenvalue weighted by molar-refractivity contribution is 5.90. The van der Waals surface area contributed by atoms with Gasteiger partial charge in [-0.2, -0.15) is 0 Å². The smallest absolute Gasteiger partial charge is 0.408 e. The monoisotopic (exact) mass is 339 g/mol. The quantitative estimate of drug-likeness (QED) is 0.616. The van der Waals surface area contributed by atoms with Crippen molar-refractivity contribution in [1.29, 1.82) is 0 Å². The molecular weight excluding hydrogens is 318 g/mol. The Bertz CT molecular complexity index is 713. The lowest BCUT2D eigenvalue weighted by molar-refractivity contribution is -0.138. The fourth-order valence-electron chi connectivity index (χ4n) is 2.24. The van der Waals surface area contributed by atoms with Crippen molar-refractivity contribution in [2.24, 2.45) is 0 Å². The van der Waals surface area contributed by atoms with Crippen molar-refractivity contribution in [2.75, 3.05) is 6.61 Å². The van der Waals surface area contributed by atoms with Crippen LogP contribution < -0.4 is 5.32 Å². The Morgan fingerprint density at radius 3 is 2.20 bits per heavy atom. The molecule has 5 nitrogen and oxygen atoms in total. The maximum atomic E-state index is 12.2. The number of amides is 1. The van der Waals surface area contributed by atoms with Gasteiger partial charge in [0.25, 0.3) is 0 Å². The molecule has 1 atom stereocenters. The lowest BCUT2D eigenvalue weighted by atomic mass is 10.00. The Balaban J connectivity index is 2.06. The van der Waals surface area contributed by atoms with E-state index in [2.05, 4.69) is 11.9 Å². The molecule has 0 heterocycles. The first kappa shape index (κ1) is 18.3. The van der Waals surface area contributed by atoms with Gasteiger partial charge in [-0.05, 0) is 18.1 Å². The van der Waals surface area contributed by atoms with E-state index in [1.807, 2.05) is 48.5 Å². The molecule has 0 saturated carbocycles. The lowest BCUT2D eigenvalue weighted by Crippen LogP contribution is -2.32. The number of alkyl carbamates (subject to hydrolysis) is 1. The Labute approximate surface area is 147 Å². The Morgan fingerprint density at radius 2 is 1.60 bits per heavy atom. The molecular formula is C20H21NO4. The van der Waals surface area contributed by atoms with Crippen LogP contribution in [0.25, 0.3) is 0 Å². The number of nitrogens with one attached hydrogen (secondary N) is 1. The van der Waals surface area contributed by atoms with Crippen LogP contribution in [0, 0.1) is 0 Å². The first-order valence-corrected chi connectivity index (χ1v) is 8.00. The Hall–Kier alpha value is -3.08. The van der Waals surface area contributed by atoms with Crippen LogP contribution in [0.15, 0.2) is 72.8 Å². The molecule has 2 aromatic carbocycles. The summed E-state index contributed by atoms with van der Waals surface area (Å²) in [6.45, 7) is 5.86. The molecule has 1 unspecified atom stereocenters. The molecule has 5 heteroatoms. The van der Waals surface area contributed by atoms with Crippen molar-refractivity contribution in [1.82, 2.24) is 5.32 Å². The standard InChI is InChI=1S/C20H21NO4/c1-3-24-19(22)15(2)18(17-12-8-5-9-13-17)21-20(23)25-14-16-10-6-4-7-11-16/h4-13,18H,2-3,14H2,1H3,(H,21,23). The fraction of sp³-hybridized carbons (Fsp3) is 0.200. The van der Waals surface area contributed by atoms with E-state index in [1.54, 1.807) is 19.1 Å². The van der Waals surface area contributed by atoms with Crippen molar-refractivity contribution in [3.63, 3.8) is 0 Å². The second-order valence-electron chi connectivity index (χ2n) is 5.30. The number of ether oxygens (including phenoxy) is 2. The summed E-state index contributed by atoms with van der Waals surface area (Å²) >= 11 is 0. The van der Waals surface area contributed by atoms with E-state index in [0.717, 1.165) is 11.1 Å². The molecule has 0 fully saturated rings. The molecule has 0 saturated heterocycles. The van der Waals surface area contributed by atoms with Gasteiger partial charge >= 0.3 is 12.1 Å². The van der Waals surface area contributed by atoms with Crippen molar-refractivity contribution in [3.05, 3.63) is 83.9 Å². The Kier molecular flexibility index (Phi) is 6.77. The molecule has 130 valence electrons. The zero-order chi connectivity index (χ0) is 18.1. The molecule has 0 bridgehead atoms. The van der Waals surface area contributed by atoms with Crippen LogP contribution in [-0.2, 0) is 20.9 Å². The minimum absolute atomic E-state index is 0.139. The predicted octanol–water partition coefficient (Wildman–Crippen LogP) is 3.77. The number of carbonyl (C=O) groups excluding carboxylic acids is 2. The van der Waals surface area contributed by atoms with E-state index < -0.39 is 18.1 Å². The van der Waals surface area contributed by atoms with Crippen LogP contribution >= 0.6 is 0 Å². The van der Waals surface area contributed by atoms with Gasteiger partial charge in [0.15, 0.2) is 0 Å². The van der Waals surface area contributed by atoms with E-state index in [9.17, 15) is 9.59 Å². The van der Waals surface area contributed by atoms with Gasteiger partial charge in [-0.3, -0.25) is 0 Å². The number of rotatable bonds is 7. The van der Waals surface area contributed by atoms with Crippen LogP contribution in [0.3, 0.4) is 0 Å². The molecule has 1 amide bonds. The van der Waals surface area contributed by atoms with Gasteiger partial charge < -0.3 is 14.8 Å². The molecule has 1 N–H and O–H groups in total. The molecule has 2 rings (SSSR count). The molecule has 0 radical (unpaired) electrons. The summed E-state index contributed by atoms with van der Waals surface area (Å²) in [4.78, 5) is 24.2.